The van der Waals surface area contributed by atoms with Gasteiger partial charge in [0, 0.05) is 15.6 Å². The van der Waals surface area contributed by atoms with E-state index in [0.29, 0.717) is 37.4 Å². The number of halogens is 1. The summed E-state index contributed by atoms with van der Waals surface area (Å²) in [6, 6.07) is 15.9. The van der Waals surface area contributed by atoms with E-state index in [1.807, 2.05) is 4.72 Å². The summed E-state index contributed by atoms with van der Waals surface area (Å²) in [5.41, 5.74) is 2.20. The molecule has 3 rings (SSSR count). The van der Waals surface area contributed by atoms with Gasteiger partial charge in [0.2, 0.25) is 10.0 Å². The highest BCUT2D eigenvalue weighted by Gasteiger charge is 2.23. The summed E-state index contributed by atoms with van der Waals surface area (Å²) in [4.78, 5) is 19.1. The summed E-state index contributed by atoms with van der Waals surface area (Å²) in [6.45, 7) is 1.89. The van der Waals surface area contributed by atoms with Crippen LogP contribution in [0.4, 0.5) is 10.8 Å². The van der Waals surface area contributed by atoms with Crippen molar-refractivity contribution < 1.29 is 13.2 Å². The average Bonchev–Trinajstić information content (AvgIpc) is 3.13. The van der Waals surface area contributed by atoms with Gasteiger partial charge in [-0.15, -0.1) is 11.3 Å². The Bertz CT molecular complexity index is 1370. The predicted octanol–water partition coefficient (Wildman–Crippen LogP) is 3.88. The minimum Gasteiger partial charge on any atom is -0.313 e. The van der Waals surface area contributed by atoms with E-state index in [1.54, 1.807) is 54.3 Å². The Labute approximate surface area is 194 Å². The molecule has 162 valence electrons. The Morgan fingerprint density at radius 2 is 1.88 bits per heavy atom. The van der Waals surface area contributed by atoms with Crippen molar-refractivity contribution in [3.8, 4) is 12.1 Å². The molecule has 0 aliphatic carbocycles. The molecular formula is C21H16ClN5O3S2. The first-order chi connectivity index (χ1) is 15.1. The van der Waals surface area contributed by atoms with Gasteiger partial charge in [0.15, 0.2) is 5.13 Å². The molecule has 1 N–H and O–H groups in total. The highest BCUT2D eigenvalue weighted by molar-refractivity contribution is 7.89. The van der Waals surface area contributed by atoms with Crippen LogP contribution < -0.4 is 9.62 Å². The van der Waals surface area contributed by atoms with E-state index in [9.17, 15) is 18.5 Å². The number of nitriles is 2. The molecule has 8 nitrogen and oxygen atoms in total. The average molecular weight is 486 g/mol. The number of thiazole rings is 1. The molecule has 1 heterocycles. The van der Waals surface area contributed by atoms with Crippen LogP contribution in [-0.2, 0) is 16.6 Å². The summed E-state index contributed by atoms with van der Waals surface area (Å²) >= 11 is 7.21. The summed E-state index contributed by atoms with van der Waals surface area (Å²) in [5, 5.41) is 19.5. The predicted molar refractivity (Wildman–Crippen MR) is 122 cm³/mol. The van der Waals surface area contributed by atoms with Gasteiger partial charge in [-0.3, -0.25) is 4.79 Å². The molecule has 0 atom stereocenters. The molecule has 0 saturated carbocycles. The van der Waals surface area contributed by atoms with E-state index in [-0.39, 0.29) is 12.2 Å². The number of amides is 1. The number of aryl methyl sites for hydroxylation is 1. The Hall–Kier alpha value is -3.44. The normalized spacial score (nSPS) is 10.8. The van der Waals surface area contributed by atoms with Crippen molar-refractivity contribution in [2.45, 2.75) is 13.5 Å². The SMILES string of the molecule is Cc1sc(N(Cc2ccc(Cl)cc2C#N)c2ccc(C#N)cc2)nc1C(=O)NS(C)(=O)=O. The van der Waals surface area contributed by atoms with E-state index in [1.165, 1.54) is 11.3 Å². The Kier molecular flexibility index (Phi) is 6.80. The third kappa shape index (κ3) is 5.42. The Morgan fingerprint density at radius 1 is 1.19 bits per heavy atom. The van der Waals surface area contributed by atoms with Crippen LogP contribution in [0.1, 0.15) is 32.1 Å². The van der Waals surface area contributed by atoms with Gasteiger partial charge in [-0.25, -0.2) is 18.1 Å². The largest absolute Gasteiger partial charge is 0.313 e. The minimum atomic E-state index is -3.75. The third-order valence-corrected chi connectivity index (χ3v) is 6.12. The summed E-state index contributed by atoms with van der Waals surface area (Å²) < 4.78 is 24.8. The Morgan fingerprint density at radius 3 is 2.47 bits per heavy atom. The number of aromatic nitrogens is 1. The van der Waals surface area contributed by atoms with E-state index in [2.05, 4.69) is 17.1 Å². The van der Waals surface area contributed by atoms with Crippen LogP contribution in [0.2, 0.25) is 5.02 Å². The zero-order valence-corrected chi connectivity index (χ0v) is 19.3. The molecule has 1 amide bonds. The zero-order chi connectivity index (χ0) is 23.5. The maximum absolute atomic E-state index is 12.4. The van der Waals surface area contributed by atoms with Gasteiger partial charge in [0.05, 0.1) is 36.1 Å². The van der Waals surface area contributed by atoms with Crippen molar-refractivity contribution in [3.63, 3.8) is 0 Å². The monoisotopic (exact) mass is 485 g/mol. The standard InChI is InChI=1S/C21H16ClN5O3S2/c1-13-19(20(28)26-32(2,29)30)25-21(31-13)27(18-7-3-14(10-23)4-8-18)12-15-5-6-17(22)9-16(15)11-24/h3-9H,12H2,1-2H3,(H,26,28). The van der Waals surface area contributed by atoms with Gasteiger partial charge in [0.25, 0.3) is 5.91 Å². The molecule has 1 aromatic heterocycles. The van der Waals surface area contributed by atoms with E-state index >= 15 is 0 Å². The number of benzene rings is 2. The van der Waals surface area contributed by atoms with Crippen LogP contribution in [0.5, 0.6) is 0 Å². The number of nitrogens with one attached hydrogen (secondary N) is 1. The second kappa shape index (κ2) is 9.37. The summed E-state index contributed by atoms with van der Waals surface area (Å²) in [7, 11) is -3.75. The van der Waals surface area contributed by atoms with Gasteiger partial charge >= 0.3 is 0 Å². The maximum Gasteiger partial charge on any atom is 0.284 e. The first-order valence-corrected chi connectivity index (χ1v) is 12.2. The number of nitrogens with zero attached hydrogens (tertiary/aromatic N) is 4. The molecule has 0 aliphatic rings. The fourth-order valence-corrected chi connectivity index (χ4v) is 4.40. The number of anilines is 2. The molecule has 0 unspecified atom stereocenters. The van der Waals surface area contributed by atoms with Gasteiger partial charge < -0.3 is 4.90 Å². The van der Waals surface area contributed by atoms with E-state index in [0.717, 1.165) is 6.26 Å². The first-order valence-electron chi connectivity index (χ1n) is 9.07. The lowest BCUT2D eigenvalue weighted by Crippen LogP contribution is -2.30. The number of hydrogen-bond donors (Lipinski definition) is 1. The van der Waals surface area contributed by atoms with Gasteiger partial charge in [-0.05, 0) is 48.9 Å². The molecule has 3 aromatic rings. The molecule has 11 heteroatoms. The summed E-state index contributed by atoms with van der Waals surface area (Å²) in [6.07, 6.45) is 0.889. The molecule has 32 heavy (non-hydrogen) atoms. The van der Waals surface area contributed by atoms with Gasteiger partial charge in [-0.2, -0.15) is 10.5 Å². The second-order valence-electron chi connectivity index (χ2n) is 6.76. The lowest BCUT2D eigenvalue weighted by Gasteiger charge is -2.23. The number of carbonyl (C=O) groups excluding carboxylic acids is 1. The highest BCUT2D eigenvalue weighted by atomic mass is 35.5. The van der Waals surface area contributed by atoms with Gasteiger partial charge in [0.1, 0.15) is 5.69 Å². The second-order valence-corrected chi connectivity index (χ2v) is 10.1. The highest BCUT2D eigenvalue weighted by Crippen LogP contribution is 2.34. The molecule has 0 spiro atoms. The summed E-state index contributed by atoms with van der Waals surface area (Å²) in [5.74, 6) is -0.823. The smallest absolute Gasteiger partial charge is 0.284 e. The maximum atomic E-state index is 12.4. The molecule has 0 aliphatic heterocycles. The van der Waals surface area contributed by atoms with E-state index < -0.39 is 15.9 Å². The molecular weight excluding hydrogens is 470 g/mol. The molecule has 0 saturated heterocycles. The molecule has 2 aromatic carbocycles. The van der Waals surface area contributed by atoms with Crippen LogP contribution in [0.25, 0.3) is 0 Å². The topological polar surface area (TPSA) is 127 Å². The zero-order valence-electron chi connectivity index (χ0n) is 17.0. The number of hydrogen-bond acceptors (Lipinski definition) is 8. The number of carbonyl (C=O) groups is 1. The van der Waals surface area contributed by atoms with Crippen molar-refractivity contribution in [1.29, 1.82) is 10.5 Å². The number of sulfonamides is 1. The fourth-order valence-electron chi connectivity index (χ4n) is 2.87. The minimum absolute atomic E-state index is 0.00863. The van der Waals surface area contributed by atoms with Crippen molar-refractivity contribution in [2.24, 2.45) is 0 Å². The van der Waals surface area contributed by atoms with Crippen molar-refractivity contribution >= 4 is 49.7 Å². The van der Waals surface area contributed by atoms with E-state index in [4.69, 9.17) is 16.9 Å². The molecule has 0 radical (unpaired) electrons. The van der Waals surface area contributed by atoms with Crippen LogP contribution in [-0.4, -0.2) is 25.6 Å². The van der Waals surface area contributed by atoms with Crippen LogP contribution in [0.15, 0.2) is 42.5 Å². The van der Waals surface area contributed by atoms with Gasteiger partial charge in [-0.1, -0.05) is 17.7 Å². The van der Waals surface area contributed by atoms with Crippen LogP contribution in [0.3, 0.4) is 0 Å². The quantitative estimate of drug-likeness (QED) is 0.561. The molecule has 0 fully saturated rings. The molecule has 0 bridgehead atoms. The van der Waals surface area contributed by atoms with Crippen LogP contribution >= 0.6 is 22.9 Å². The third-order valence-electron chi connectivity index (χ3n) is 4.34. The fraction of sp³-hybridized carbons (Fsp3) is 0.143. The number of rotatable bonds is 6. The van der Waals surface area contributed by atoms with Crippen molar-refractivity contribution in [2.75, 3.05) is 11.2 Å². The van der Waals surface area contributed by atoms with Crippen molar-refractivity contribution in [3.05, 3.63) is 74.7 Å². The van der Waals surface area contributed by atoms with Crippen LogP contribution in [0, 0.1) is 29.6 Å². The Balaban J connectivity index is 2.07. The van der Waals surface area contributed by atoms with Crippen molar-refractivity contribution in [1.82, 2.24) is 9.71 Å². The lowest BCUT2D eigenvalue weighted by atomic mass is 10.1. The lowest BCUT2D eigenvalue weighted by molar-refractivity contribution is 0.0977. The first kappa shape index (κ1) is 23.2.